The lowest BCUT2D eigenvalue weighted by Crippen LogP contribution is -2.38. The molecule has 0 radical (unpaired) electrons. The van der Waals surface area contributed by atoms with Crippen molar-refractivity contribution in [2.45, 2.75) is 44.7 Å². The number of nitrogens with one attached hydrogen (secondary N) is 1. The van der Waals surface area contributed by atoms with E-state index in [0.29, 0.717) is 12.5 Å². The van der Waals surface area contributed by atoms with E-state index < -0.39 is 0 Å². The van der Waals surface area contributed by atoms with Crippen LogP contribution < -0.4 is 11.1 Å². The van der Waals surface area contributed by atoms with E-state index in [4.69, 9.17) is 5.73 Å². The van der Waals surface area contributed by atoms with Gasteiger partial charge >= 0.3 is 0 Å². The summed E-state index contributed by atoms with van der Waals surface area (Å²) in [4.78, 5) is 22.7. The molecule has 1 aromatic carbocycles. The van der Waals surface area contributed by atoms with Gasteiger partial charge in [-0.3, -0.25) is 4.79 Å². The first-order valence-electron chi connectivity index (χ1n) is 7.80. The minimum Gasteiger partial charge on any atom is -0.352 e. The first-order chi connectivity index (χ1) is 10.6. The van der Waals surface area contributed by atoms with Crippen molar-refractivity contribution < 1.29 is 14.0 Å². The molecule has 1 saturated carbocycles. The molecule has 1 atom stereocenters. The van der Waals surface area contributed by atoms with Crippen molar-refractivity contribution in [2.75, 3.05) is 0 Å². The molecule has 0 heterocycles. The molecule has 0 aliphatic heterocycles. The number of rotatable bonds is 6. The van der Waals surface area contributed by atoms with Crippen molar-refractivity contribution >= 4 is 12.2 Å². The Kier molecular flexibility index (Phi) is 6.07. The Morgan fingerprint density at radius 1 is 1.27 bits per heavy atom. The van der Waals surface area contributed by atoms with Crippen LogP contribution in [0.5, 0.6) is 0 Å². The molecule has 120 valence electrons. The summed E-state index contributed by atoms with van der Waals surface area (Å²) in [5.74, 6) is 0.0980. The maximum atomic E-state index is 12.8. The summed E-state index contributed by atoms with van der Waals surface area (Å²) in [6.07, 6.45) is 4.89. The quantitative estimate of drug-likeness (QED) is 0.791. The van der Waals surface area contributed by atoms with Gasteiger partial charge in [0.2, 0.25) is 5.91 Å². The lowest BCUT2D eigenvalue weighted by molar-refractivity contribution is -0.122. The lowest BCUT2D eigenvalue weighted by Gasteiger charge is -2.29. The number of carbonyl (C=O) groups is 2. The molecule has 22 heavy (non-hydrogen) atoms. The molecule has 0 spiro atoms. The van der Waals surface area contributed by atoms with E-state index in [1.54, 1.807) is 12.1 Å². The van der Waals surface area contributed by atoms with E-state index >= 15 is 0 Å². The first kappa shape index (κ1) is 16.6. The Bertz CT molecular complexity index is 496. The van der Waals surface area contributed by atoms with Crippen LogP contribution in [0.3, 0.4) is 0 Å². The molecule has 1 aliphatic carbocycles. The Hall–Kier alpha value is -1.75. The monoisotopic (exact) mass is 306 g/mol. The summed E-state index contributed by atoms with van der Waals surface area (Å²) in [6.45, 7) is 0.379. The number of aldehydes is 1. The van der Waals surface area contributed by atoms with Crippen molar-refractivity contribution in [2.24, 2.45) is 17.6 Å². The fourth-order valence-corrected chi connectivity index (χ4v) is 2.97. The van der Waals surface area contributed by atoms with Crippen molar-refractivity contribution in [1.29, 1.82) is 0 Å². The highest BCUT2D eigenvalue weighted by molar-refractivity contribution is 5.76. The van der Waals surface area contributed by atoms with E-state index in [1.807, 2.05) is 0 Å². The third kappa shape index (κ3) is 4.91. The van der Waals surface area contributed by atoms with Crippen LogP contribution in [-0.4, -0.2) is 18.2 Å². The van der Waals surface area contributed by atoms with Crippen molar-refractivity contribution in [1.82, 2.24) is 5.32 Å². The number of benzene rings is 1. The molecule has 1 amide bonds. The molecular formula is C17H23FN2O2. The number of hydrogen-bond donors (Lipinski definition) is 2. The average Bonchev–Trinajstić information content (AvgIpc) is 2.54. The SMILES string of the molecule is NC(CC(=O)NCc1ccc(F)cc1)C1CCC(C=O)CC1. The molecule has 0 bridgehead atoms. The number of hydrogen-bond acceptors (Lipinski definition) is 3. The van der Waals surface area contributed by atoms with Crippen LogP contribution >= 0.6 is 0 Å². The predicted molar refractivity (Wildman–Crippen MR) is 82.4 cm³/mol. The maximum absolute atomic E-state index is 12.8. The van der Waals surface area contributed by atoms with Gasteiger partial charge in [-0.25, -0.2) is 4.39 Å². The highest BCUT2D eigenvalue weighted by atomic mass is 19.1. The van der Waals surface area contributed by atoms with E-state index in [1.165, 1.54) is 12.1 Å². The van der Waals surface area contributed by atoms with Crippen LogP contribution in [0.15, 0.2) is 24.3 Å². The Balaban J connectivity index is 1.72. The summed E-state index contributed by atoms with van der Waals surface area (Å²) in [5.41, 5.74) is 6.98. The zero-order valence-electron chi connectivity index (χ0n) is 12.6. The zero-order valence-corrected chi connectivity index (χ0v) is 12.6. The topological polar surface area (TPSA) is 72.2 Å². The molecule has 1 aromatic rings. The van der Waals surface area contributed by atoms with Gasteiger partial charge in [-0.15, -0.1) is 0 Å². The van der Waals surface area contributed by atoms with Gasteiger partial charge in [0.25, 0.3) is 0 Å². The van der Waals surface area contributed by atoms with Crippen LogP contribution in [0.25, 0.3) is 0 Å². The number of amides is 1. The normalized spacial score (nSPS) is 22.8. The van der Waals surface area contributed by atoms with E-state index in [9.17, 15) is 14.0 Å². The van der Waals surface area contributed by atoms with Gasteiger partial charge in [0.1, 0.15) is 12.1 Å². The summed E-state index contributed by atoms with van der Waals surface area (Å²) in [6, 6.07) is 5.88. The largest absolute Gasteiger partial charge is 0.352 e. The van der Waals surface area contributed by atoms with Crippen LogP contribution in [0.2, 0.25) is 0 Å². The van der Waals surface area contributed by atoms with Gasteiger partial charge in [0.15, 0.2) is 0 Å². The van der Waals surface area contributed by atoms with Crippen LogP contribution in [0.1, 0.15) is 37.7 Å². The standard InChI is InChI=1S/C17H23FN2O2/c18-15-7-3-12(4-8-15)10-20-17(22)9-16(19)14-5-1-13(11-21)2-6-14/h3-4,7-8,11,13-14,16H,1-2,5-6,9-10,19H2,(H,20,22). The molecule has 3 N–H and O–H groups in total. The lowest BCUT2D eigenvalue weighted by atomic mass is 9.78. The van der Waals surface area contributed by atoms with Gasteiger partial charge in [-0.05, 0) is 49.3 Å². The van der Waals surface area contributed by atoms with E-state index in [0.717, 1.165) is 37.5 Å². The summed E-state index contributed by atoms with van der Waals surface area (Å²) in [5, 5.41) is 2.81. The molecular weight excluding hydrogens is 283 g/mol. The van der Waals surface area contributed by atoms with Crippen LogP contribution in [0.4, 0.5) is 4.39 Å². The molecule has 4 nitrogen and oxygen atoms in total. The van der Waals surface area contributed by atoms with E-state index in [2.05, 4.69) is 5.32 Å². The van der Waals surface area contributed by atoms with Crippen molar-refractivity contribution in [3.63, 3.8) is 0 Å². The Morgan fingerprint density at radius 3 is 2.50 bits per heavy atom. The van der Waals surface area contributed by atoms with Crippen molar-refractivity contribution in [3.05, 3.63) is 35.6 Å². The predicted octanol–water partition coefficient (Wildman–Crippen LogP) is 2.16. The molecule has 2 rings (SSSR count). The average molecular weight is 306 g/mol. The molecule has 5 heteroatoms. The summed E-state index contributed by atoms with van der Waals surface area (Å²) >= 11 is 0. The molecule has 0 aromatic heterocycles. The first-order valence-corrected chi connectivity index (χ1v) is 7.80. The third-order valence-corrected chi connectivity index (χ3v) is 4.44. The molecule has 1 fully saturated rings. The van der Waals surface area contributed by atoms with Gasteiger partial charge < -0.3 is 15.8 Å². The minimum atomic E-state index is -0.289. The number of carbonyl (C=O) groups excluding carboxylic acids is 2. The molecule has 1 unspecified atom stereocenters. The summed E-state index contributed by atoms with van der Waals surface area (Å²) < 4.78 is 12.8. The second-order valence-corrected chi connectivity index (χ2v) is 6.08. The number of halogens is 1. The Morgan fingerprint density at radius 2 is 1.91 bits per heavy atom. The van der Waals surface area contributed by atoms with E-state index in [-0.39, 0.29) is 30.1 Å². The van der Waals surface area contributed by atoms with Crippen LogP contribution in [-0.2, 0) is 16.1 Å². The molecule has 1 aliphatic rings. The smallest absolute Gasteiger partial charge is 0.221 e. The zero-order chi connectivity index (χ0) is 15.9. The highest BCUT2D eigenvalue weighted by Gasteiger charge is 2.26. The fourth-order valence-electron chi connectivity index (χ4n) is 2.97. The second-order valence-electron chi connectivity index (χ2n) is 6.08. The molecule has 0 saturated heterocycles. The van der Waals surface area contributed by atoms with Crippen LogP contribution in [0, 0.1) is 17.7 Å². The van der Waals surface area contributed by atoms with Crippen molar-refractivity contribution in [3.8, 4) is 0 Å². The van der Waals surface area contributed by atoms with Gasteiger partial charge in [0, 0.05) is 24.9 Å². The summed E-state index contributed by atoms with van der Waals surface area (Å²) in [7, 11) is 0. The fraction of sp³-hybridized carbons (Fsp3) is 0.529. The third-order valence-electron chi connectivity index (χ3n) is 4.44. The highest BCUT2D eigenvalue weighted by Crippen LogP contribution is 2.30. The van der Waals surface area contributed by atoms with Gasteiger partial charge in [0.05, 0.1) is 0 Å². The van der Waals surface area contributed by atoms with Gasteiger partial charge in [-0.1, -0.05) is 12.1 Å². The maximum Gasteiger partial charge on any atom is 0.221 e. The second kappa shape index (κ2) is 8.03. The number of nitrogens with two attached hydrogens (primary N) is 1. The Labute approximate surface area is 130 Å². The van der Waals surface area contributed by atoms with Gasteiger partial charge in [-0.2, -0.15) is 0 Å². The minimum absolute atomic E-state index is 0.0886.